The van der Waals surface area contributed by atoms with Crippen LogP contribution in [0.25, 0.3) is 10.4 Å². The molecule has 1 aliphatic heterocycles. The Hall–Kier alpha value is -2.57. The van der Waals surface area contributed by atoms with Crippen molar-refractivity contribution in [2.45, 2.75) is 6.42 Å². The molecule has 2 rings (SSSR count). The Balaban J connectivity index is 2.07. The first kappa shape index (κ1) is 15.8. The molecule has 1 fully saturated rings. The minimum absolute atomic E-state index is 0.0153. The van der Waals surface area contributed by atoms with E-state index in [-0.39, 0.29) is 24.3 Å². The van der Waals surface area contributed by atoms with Gasteiger partial charge in [0.15, 0.2) is 0 Å². The topological polar surface area (TPSA) is 107 Å². The Bertz CT molecular complexity index is 612. The van der Waals surface area contributed by atoms with E-state index in [0.29, 0.717) is 30.9 Å². The highest BCUT2D eigenvalue weighted by Crippen LogP contribution is 2.27. The van der Waals surface area contributed by atoms with Crippen LogP contribution >= 0.6 is 0 Å². The molecular weight excluding hydrogens is 286 g/mol. The summed E-state index contributed by atoms with van der Waals surface area (Å²) in [6, 6.07) is 7.06. The van der Waals surface area contributed by atoms with Gasteiger partial charge in [0.2, 0.25) is 11.8 Å². The van der Waals surface area contributed by atoms with Gasteiger partial charge in [-0.3, -0.25) is 9.59 Å². The Labute approximate surface area is 127 Å². The Kier molecular flexibility index (Phi) is 5.35. The van der Waals surface area contributed by atoms with E-state index in [1.807, 2.05) is 0 Å². The fourth-order valence-corrected chi connectivity index (χ4v) is 2.39. The van der Waals surface area contributed by atoms with Gasteiger partial charge in [0.05, 0.1) is 0 Å². The van der Waals surface area contributed by atoms with Gasteiger partial charge in [0.25, 0.3) is 0 Å². The van der Waals surface area contributed by atoms with Crippen LogP contribution in [-0.2, 0) is 14.3 Å². The van der Waals surface area contributed by atoms with Gasteiger partial charge in [-0.05, 0) is 29.6 Å². The van der Waals surface area contributed by atoms with E-state index in [1.54, 1.807) is 29.2 Å². The molecule has 1 unspecified atom stereocenters. The van der Waals surface area contributed by atoms with Crippen LogP contribution in [0.1, 0.15) is 6.42 Å². The normalized spacial score (nSPS) is 17.2. The van der Waals surface area contributed by atoms with Crippen molar-refractivity contribution in [1.82, 2.24) is 0 Å². The van der Waals surface area contributed by atoms with Gasteiger partial charge in [-0.15, -0.1) is 0 Å². The minimum atomic E-state index is -0.256. The van der Waals surface area contributed by atoms with Crippen molar-refractivity contribution >= 4 is 23.2 Å². The number of methoxy groups -OCH3 is 1. The van der Waals surface area contributed by atoms with Gasteiger partial charge in [-0.25, -0.2) is 0 Å². The molecule has 1 heterocycles. The van der Waals surface area contributed by atoms with Crippen LogP contribution in [0.2, 0.25) is 0 Å². The first-order valence-electron chi connectivity index (χ1n) is 6.84. The van der Waals surface area contributed by atoms with Crippen molar-refractivity contribution in [3.05, 3.63) is 34.7 Å². The number of nitrogens with zero attached hydrogens (tertiary/aromatic N) is 4. The second kappa shape index (κ2) is 7.44. The molecule has 1 atom stereocenters. The molecule has 0 aliphatic carbocycles. The fraction of sp³-hybridized carbons (Fsp3) is 0.429. The lowest BCUT2D eigenvalue weighted by Crippen LogP contribution is -2.25. The zero-order valence-corrected chi connectivity index (χ0v) is 12.2. The zero-order valence-electron chi connectivity index (χ0n) is 12.2. The molecule has 1 aliphatic rings. The van der Waals surface area contributed by atoms with E-state index in [0.717, 1.165) is 0 Å². The van der Waals surface area contributed by atoms with Crippen molar-refractivity contribution in [2.75, 3.05) is 37.0 Å². The highest BCUT2D eigenvalue weighted by molar-refractivity contribution is 5.97. The molecule has 2 amide bonds. The lowest BCUT2D eigenvalue weighted by atomic mass is 10.1. The second-order valence-electron chi connectivity index (χ2n) is 5.02. The third kappa shape index (κ3) is 3.97. The summed E-state index contributed by atoms with van der Waals surface area (Å²) in [6.07, 6.45) is 0.360. The summed E-state index contributed by atoms with van der Waals surface area (Å²) in [5.74, 6) is -0.248. The van der Waals surface area contributed by atoms with Gasteiger partial charge in [0, 0.05) is 42.9 Å². The first-order valence-corrected chi connectivity index (χ1v) is 6.84. The maximum Gasteiger partial charge on any atom is 0.250 e. The van der Waals surface area contributed by atoms with Crippen LogP contribution < -0.4 is 10.2 Å². The number of amides is 2. The third-order valence-corrected chi connectivity index (χ3v) is 3.33. The van der Waals surface area contributed by atoms with Gasteiger partial charge in [-0.1, -0.05) is 11.2 Å². The number of hydrogen-bond donors (Lipinski definition) is 1. The molecule has 1 aromatic carbocycles. The molecule has 22 heavy (non-hydrogen) atoms. The number of carbonyl (C=O) groups excluding carboxylic acids is 2. The largest absolute Gasteiger partial charge is 0.375 e. The van der Waals surface area contributed by atoms with E-state index in [1.165, 1.54) is 7.11 Å². The molecule has 1 N–H and O–H groups in total. The predicted molar refractivity (Wildman–Crippen MR) is 81.4 cm³/mol. The van der Waals surface area contributed by atoms with Crippen molar-refractivity contribution < 1.29 is 14.3 Å². The summed E-state index contributed by atoms with van der Waals surface area (Å²) in [4.78, 5) is 27.9. The van der Waals surface area contributed by atoms with Crippen LogP contribution in [0.15, 0.2) is 29.4 Å². The molecule has 8 heteroatoms. The Morgan fingerprint density at radius 2 is 2.41 bits per heavy atom. The number of nitrogens with one attached hydrogen (secondary N) is 1. The molecule has 116 valence electrons. The first-order chi connectivity index (χ1) is 10.6. The van der Waals surface area contributed by atoms with Crippen LogP contribution in [0.4, 0.5) is 11.4 Å². The molecule has 0 radical (unpaired) electrons. The lowest BCUT2D eigenvalue weighted by molar-refractivity contribution is -0.119. The van der Waals surface area contributed by atoms with E-state index in [4.69, 9.17) is 10.3 Å². The Morgan fingerprint density at radius 1 is 1.59 bits per heavy atom. The molecular formula is C14H17N5O3. The number of rotatable bonds is 6. The summed E-state index contributed by atoms with van der Waals surface area (Å²) in [5, 5.41) is 6.22. The summed E-state index contributed by atoms with van der Waals surface area (Å²) >= 11 is 0. The minimum Gasteiger partial charge on any atom is -0.375 e. The fourth-order valence-electron chi connectivity index (χ4n) is 2.39. The number of benzene rings is 1. The molecule has 8 nitrogen and oxygen atoms in total. The van der Waals surface area contributed by atoms with Gasteiger partial charge >= 0.3 is 0 Å². The monoisotopic (exact) mass is 303 g/mol. The smallest absolute Gasteiger partial charge is 0.250 e. The van der Waals surface area contributed by atoms with Crippen molar-refractivity contribution in [1.29, 1.82) is 0 Å². The summed E-state index contributed by atoms with van der Waals surface area (Å²) < 4.78 is 4.76. The molecule has 0 saturated carbocycles. The average Bonchev–Trinajstić information content (AvgIpc) is 2.86. The molecule has 1 saturated heterocycles. The number of ether oxygens (including phenoxy) is 1. The third-order valence-electron chi connectivity index (χ3n) is 3.33. The van der Waals surface area contributed by atoms with E-state index >= 15 is 0 Å². The number of carbonyl (C=O) groups is 2. The van der Waals surface area contributed by atoms with Crippen LogP contribution in [0, 0.1) is 5.92 Å². The molecule has 0 aromatic heterocycles. The molecule has 1 aromatic rings. The highest BCUT2D eigenvalue weighted by Gasteiger charge is 2.30. The summed E-state index contributed by atoms with van der Waals surface area (Å²) in [6.45, 7) is 0.789. The predicted octanol–water partition coefficient (Wildman–Crippen LogP) is 1.93. The lowest BCUT2D eigenvalue weighted by Gasteiger charge is -2.17. The Morgan fingerprint density at radius 3 is 3.14 bits per heavy atom. The number of hydrogen-bond acceptors (Lipinski definition) is 4. The van der Waals surface area contributed by atoms with Gasteiger partial charge in [-0.2, -0.15) is 0 Å². The molecule has 0 bridgehead atoms. The standard InChI is InChI=1S/C14H17N5O3/c1-22-9-13(20)17-11-3-2-4-12(6-11)19-8-10(5-14(19)21)7-16-18-15/h2-4,6,10H,5,7-9H2,1H3,(H,17,20). The highest BCUT2D eigenvalue weighted by atomic mass is 16.5. The summed E-state index contributed by atoms with van der Waals surface area (Å²) in [5.41, 5.74) is 9.66. The number of anilines is 2. The van der Waals surface area contributed by atoms with E-state index in [2.05, 4.69) is 15.3 Å². The van der Waals surface area contributed by atoms with Crippen LogP contribution in [-0.4, -0.2) is 38.6 Å². The SMILES string of the molecule is COCC(=O)Nc1cccc(N2CC(CN=[N+]=[N-])CC2=O)c1. The van der Waals surface area contributed by atoms with Crippen molar-refractivity contribution in [3.8, 4) is 0 Å². The van der Waals surface area contributed by atoms with Gasteiger partial charge in [0.1, 0.15) is 6.61 Å². The number of azide groups is 1. The van der Waals surface area contributed by atoms with E-state index in [9.17, 15) is 9.59 Å². The van der Waals surface area contributed by atoms with Crippen LogP contribution in [0.5, 0.6) is 0 Å². The average molecular weight is 303 g/mol. The quantitative estimate of drug-likeness (QED) is 0.493. The van der Waals surface area contributed by atoms with Crippen LogP contribution in [0.3, 0.4) is 0 Å². The second-order valence-corrected chi connectivity index (χ2v) is 5.02. The van der Waals surface area contributed by atoms with E-state index < -0.39 is 0 Å². The maximum absolute atomic E-state index is 12.1. The summed E-state index contributed by atoms with van der Waals surface area (Å²) in [7, 11) is 1.45. The molecule has 0 spiro atoms. The van der Waals surface area contributed by atoms with Crippen molar-refractivity contribution in [3.63, 3.8) is 0 Å². The zero-order chi connectivity index (χ0) is 15.9. The van der Waals surface area contributed by atoms with Gasteiger partial charge < -0.3 is 15.0 Å². The maximum atomic E-state index is 12.1. The van der Waals surface area contributed by atoms with Crippen molar-refractivity contribution in [2.24, 2.45) is 11.0 Å².